The summed E-state index contributed by atoms with van der Waals surface area (Å²) in [5.41, 5.74) is 1.06. The highest BCUT2D eigenvalue weighted by molar-refractivity contribution is 7.99. The third-order valence-electron chi connectivity index (χ3n) is 1.49. The van der Waals surface area contributed by atoms with Crippen LogP contribution in [0.1, 0.15) is 6.92 Å². The molecule has 0 aliphatic carbocycles. The van der Waals surface area contributed by atoms with Crippen LogP contribution in [0.3, 0.4) is 0 Å². The molecule has 0 saturated carbocycles. The Hall–Kier alpha value is -0.610. The minimum Gasteiger partial charge on any atom is -0.235 e. The van der Waals surface area contributed by atoms with E-state index in [4.69, 9.17) is 0 Å². The molecule has 0 spiro atoms. The van der Waals surface area contributed by atoms with Gasteiger partial charge in [-0.3, -0.25) is 0 Å². The first kappa shape index (κ1) is 8.01. The van der Waals surface area contributed by atoms with Crippen LogP contribution in [-0.2, 0) is 0 Å². The van der Waals surface area contributed by atoms with Crippen molar-refractivity contribution in [2.75, 3.05) is 5.75 Å². The third kappa shape index (κ3) is 1.32. The summed E-state index contributed by atoms with van der Waals surface area (Å²) < 4.78 is 1.21. The lowest BCUT2D eigenvalue weighted by atomic mass is 10.5. The molecule has 2 aromatic heterocycles. The molecule has 0 N–H and O–H groups in total. The number of nitrogens with zero attached hydrogens (tertiary/aromatic N) is 2. The van der Waals surface area contributed by atoms with Crippen molar-refractivity contribution in [2.45, 2.75) is 11.9 Å². The summed E-state index contributed by atoms with van der Waals surface area (Å²) in [6.45, 7) is 2.13. The number of thioether (sulfide) groups is 1. The Bertz CT molecular complexity index is 383. The molecule has 2 heterocycles. The predicted octanol–water partition coefficient (Wildman–Crippen LogP) is 2.80. The average Bonchev–Trinajstić information content (AvgIpc) is 2.53. The lowest BCUT2D eigenvalue weighted by Crippen LogP contribution is -1.82. The largest absolute Gasteiger partial charge is 0.235 e. The topological polar surface area (TPSA) is 25.8 Å². The monoisotopic (exact) mass is 196 g/mol. The summed E-state index contributed by atoms with van der Waals surface area (Å²) in [5, 5.41) is 3.16. The van der Waals surface area contributed by atoms with Crippen LogP contribution in [0.15, 0.2) is 22.8 Å². The number of aromatic nitrogens is 2. The van der Waals surface area contributed by atoms with E-state index >= 15 is 0 Å². The molecule has 12 heavy (non-hydrogen) atoms. The van der Waals surface area contributed by atoms with E-state index in [1.54, 1.807) is 29.4 Å². The van der Waals surface area contributed by atoms with Gasteiger partial charge in [-0.2, -0.15) is 0 Å². The zero-order chi connectivity index (χ0) is 8.39. The van der Waals surface area contributed by atoms with Crippen LogP contribution in [-0.4, -0.2) is 15.7 Å². The van der Waals surface area contributed by atoms with Gasteiger partial charge >= 0.3 is 0 Å². The fourth-order valence-electron chi connectivity index (χ4n) is 1.01. The van der Waals surface area contributed by atoms with Crippen LogP contribution in [0.2, 0.25) is 0 Å². The lowest BCUT2D eigenvalue weighted by molar-refractivity contribution is 1.11. The normalized spacial score (nSPS) is 10.8. The number of rotatable bonds is 2. The minimum atomic E-state index is 1.06. The maximum absolute atomic E-state index is 4.23. The molecule has 0 bridgehead atoms. The second-order valence-electron chi connectivity index (χ2n) is 2.25. The van der Waals surface area contributed by atoms with E-state index in [1.165, 1.54) is 4.70 Å². The fraction of sp³-hybridized carbons (Fsp3) is 0.250. The summed E-state index contributed by atoms with van der Waals surface area (Å²) in [5.74, 6) is 1.06. The zero-order valence-electron chi connectivity index (χ0n) is 6.65. The van der Waals surface area contributed by atoms with Gasteiger partial charge in [0.25, 0.3) is 0 Å². The van der Waals surface area contributed by atoms with E-state index in [2.05, 4.69) is 22.3 Å². The van der Waals surface area contributed by atoms with Gasteiger partial charge in [0, 0.05) is 0 Å². The molecule has 0 saturated heterocycles. The van der Waals surface area contributed by atoms with Crippen molar-refractivity contribution in [1.82, 2.24) is 9.97 Å². The van der Waals surface area contributed by atoms with Crippen molar-refractivity contribution >= 4 is 33.3 Å². The molecule has 0 aliphatic rings. The van der Waals surface area contributed by atoms with Gasteiger partial charge in [-0.05, 0) is 17.2 Å². The van der Waals surface area contributed by atoms with E-state index < -0.39 is 0 Å². The van der Waals surface area contributed by atoms with Crippen molar-refractivity contribution in [2.24, 2.45) is 0 Å². The first-order valence-corrected chi connectivity index (χ1v) is 5.59. The maximum atomic E-state index is 4.23. The highest BCUT2D eigenvalue weighted by Gasteiger charge is 2.03. The summed E-state index contributed by atoms with van der Waals surface area (Å²) >= 11 is 3.48. The van der Waals surface area contributed by atoms with Gasteiger partial charge in [-0.1, -0.05) is 6.92 Å². The Labute approximate surface area is 79.0 Å². The first-order valence-electron chi connectivity index (χ1n) is 3.73. The third-order valence-corrected chi connectivity index (χ3v) is 3.40. The number of fused-ring (bicyclic) bond motifs is 1. The van der Waals surface area contributed by atoms with E-state index in [0.29, 0.717) is 0 Å². The van der Waals surface area contributed by atoms with Crippen molar-refractivity contribution in [1.29, 1.82) is 0 Å². The number of hydrogen-bond donors (Lipinski definition) is 0. The standard InChI is InChI=1S/C8H8N2S2/c1-2-11-8-7-6(3-4-12-7)9-5-10-8/h3-5H,2H2,1H3. The Kier molecular flexibility index (Phi) is 2.28. The van der Waals surface area contributed by atoms with Gasteiger partial charge in [0.1, 0.15) is 11.4 Å². The van der Waals surface area contributed by atoms with Crippen molar-refractivity contribution < 1.29 is 0 Å². The summed E-state index contributed by atoms with van der Waals surface area (Å²) in [4.78, 5) is 8.40. The van der Waals surface area contributed by atoms with Crippen molar-refractivity contribution in [3.63, 3.8) is 0 Å². The molecule has 2 rings (SSSR count). The molecule has 0 radical (unpaired) electrons. The molecule has 0 aromatic carbocycles. The lowest BCUT2D eigenvalue weighted by Gasteiger charge is -1.96. The Balaban J connectivity index is 2.57. The quantitative estimate of drug-likeness (QED) is 0.545. The Morgan fingerprint density at radius 2 is 2.42 bits per heavy atom. The SMILES string of the molecule is CCSc1ncnc2ccsc12. The van der Waals surface area contributed by atoms with Gasteiger partial charge in [-0.25, -0.2) is 9.97 Å². The molecule has 0 unspecified atom stereocenters. The van der Waals surface area contributed by atoms with Crippen LogP contribution < -0.4 is 0 Å². The molecule has 2 nitrogen and oxygen atoms in total. The molecular formula is C8H8N2S2. The average molecular weight is 196 g/mol. The van der Waals surface area contributed by atoms with Crippen LogP contribution in [0.5, 0.6) is 0 Å². The van der Waals surface area contributed by atoms with Gasteiger partial charge in [0.15, 0.2) is 0 Å². The second-order valence-corrected chi connectivity index (χ2v) is 4.42. The van der Waals surface area contributed by atoms with E-state index in [0.717, 1.165) is 16.3 Å². The first-order chi connectivity index (χ1) is 5.92. The van der Waals surface area contributed by atoms with Crippen LogP contribution in [0.25, 0.3) is 10.2 Å². The highest BCUT2D eigenvalue weighted by Crippen LogP contribution is 2.27. The van der Waals surface area contributed by atoms with Gasteiger partial charge in [-0.15, -0.1) is 23.1 Å². The molecule has 62 valence electrons. The predicted molar refractivity (Wildman–Crippen MR) is 53.8 cm³/mol. The van der Waals surface area contributed by atoms with E-state index in [9.17, 15) is 0 Å². The molecule has 2 aromatic rings. The molecule has 0 amide bonds. The van der Waals surface area contributed by atoms with Crippen LogP contribution >= 0.6 is 23.1 Å². The molecule has 0 atom stereocenters. The molecule has 0 fully saturated rings. The maximum Gasteiger partial charge on any atom is 0.117 e. The zero-order valence-corrected chi connectivity index (χ0v) is 8.28. The molecule has 4 heteroatoms. The fourth-order valence-corrected chi connectivity index (χ4v) is 2.69. The van der Waals surface area contributed by atoms with E-state index in [-0.39, 0.29) is 0 Å². The summed E-state index contributed by atoms with van der Waals surface area (Å²) in [6.07, 6.45) is 1.63. The smallest absolute Gasteiger partial charge is 0.117 e. The summed E-state index contributed by atoms with van der Waals surface area (Å²) in [6, 6.07) is 2.03. The van der Waals surface area contributed by atoms with Gasteiger partial charge in [0.2, 0.25) is 0 Å². The Morgan fingerprint density at radius 1 is 1.50 bits per heavy atom. The Morgan fingerprint density at radius 3 is 3.25 bits per heavy atom. The van der Waals surface area contributed by atoms with Crippen LogP contribution in [0.4, 0.5) is 0 Å². The minimum absolute atomic E-state index is 1.06. The number of hydrogen-bond acceptors (Lipinski definition) is 4. The molecule has 0 aliphatic heterocycles. The second kappa shape index (κ2) is 3.41. The molecular weight excluding hydrogens is 188 g/mol. The summed E-state index contributed by atoms with van der Waals surface area (Å²) in [7, 11) is 0. The van der Waals surface area contributed by atoms with Gasteiger partial charge in [0.05, 0.1) is 10.2 Å². The van der Waals surface area contributed by atoms with Crippen molar-refractivity contribution in [3.05, 3.63) is 17.8 Å². The van der Waals surface area contributed by atoms with E-state index in [1.807, 2.05) is 6.07 Å². The van der Waals surface area contributed by atoms with Crippen molar-refractivity contribution in [3.8, 4) is 0 Å². The van der Waals surface area contributed by atoms with Crippen LogP contribution in [0, 0.1) is 0 Å². The highest BCUT2D eigenvalue weighted by atomic mass is 32.2. The number of thiophene rings is 1. The van der Waals surface area contributed by atoms with Gasteiger partial charge < -0.3 is 0 Å².